The van der Waals surface area contributed by atoms with Gasteiger partial charge in [-0.3, -0.25) is 9.69 Å². The van der Waals surface area contributed by atoms with E-state index in [2.05, 4.69) is 15.9 Å². The minimum atomic E-state index is -0.805. The molecule has 3 nitrogen and oxygen atoms in total. The molecule has 1 aliphatic rings. The molecule has 1 unspecified atom stereocenters. The Bertz CT molecular complexity index is 688. The van der Waals surface area contributed by atoms with Crippen LogP contribution in [0.4, 0.5) is 0 Å². The third kappa shape index (κ3) is 3.01. The second kappa shape index (κ2) is 6.08. The first-order valence-electron chi connectivity index (χ1n) is 6.53. The van der Waals surface area contributed by atoms with Crippen molar-refractivity contribution in [3.8, 4) is 0 Å². The van der Waals surface area contributed by atoms with Gasteiger partial charge < -0.3 is 5.11 Å². The first-order chi connectivity index (χ1) is 10.1. The van der Waals surface area contributed by atoms with E-state index in [1.165, 1.54) is 4.88 Å². The van der Waals surface area contributed by atoms with E-state index in [1.807, 2.05) is 34.5 Å². The average Bonchev–Trinajstić information content (AvgIpc) is 2.90. The lowest BCUT2D eigenvalue weighted by Crippen LogP contribution is -2.38. The van der Waals surface area contributed by atoms with Crippen LogP contribution in [0, 0.1) is 0 Å². The van der Waals surface area contributed by atoms with Gasteiger partial charge in [0.1, 0.15) is 6.04 Å². The number of halogens is 2. The van der Waals surface area contributed by atoms with Gasteiger partial charge in [0, 0.05) is 27.5 Å². The lowest BCUT2D eigenvalue weighted by Gasteiger charge is -2.33. The molecule has 2 aromatic rings. The quantitative estimate of drug-likeness (QED) is 0.852. The van der Waals surface area contributed by atoms with Crippen LogP contribution in [0.1, 0.15) is 22.0 Å². The van der Waals surface area contributed by atoms with Crippen molar-refractivity contribution in [1.82, 2.24) is 4.90 Å². The number of thiophene rings is 1. The molecule has 3 rings (SSSR count). The highest BCUT2D eigenvalue weighted by Gasteiger charge is 2.33. The predicted octanol–water partition coefficient (Wildman–Crippen LogP) is 4.35. The maximum absolute atomic E-state index is 11.7. The summed E-state index contributed by atoms with van der Waals surface area (Å²) in [6.45, 7) is 1.26. The summed E-state index contributed by atoms with van der Waals surface area (Å²) in [6.07, 6.45) is 0.891. The molecule has 1 atom stereocenters. The number of aliphatic carboxylic acids is 1. The van der Waals surface area contributed by atoms with Crippen LogP contribution < -0.4 is 0 Å². The fraction of sp³-hybridized carbons (Fsp3) is 0.267. The summed E-state index contributed by atoms with van der Waals surface area (Å²) in [5.41, 5.74) is 1.86. The van der Waals surface area contributed by atoms with Gasteiger partial charge >= 0.3 is 5.97 Å². The molecule has 1 aromatic carbocycles. The third-order valence-electron chi connectivity index (χ3n) is 3.68. The molecule has 1 aliphatic heterocycles. The highest BCUT2D eigenvalue weighted by Crippen LogP contribution is 2.35. The van der Waals surface area contributed by atoms with E-state index >= 15 is 0 Å². The maximum atomic E-state index is 11.7. The van der Waals surface area contributed by atoms with Crippen LogP contribution in [0.5, 0.6) is 0 Å². The van der Waals surface area contributed by atoms with Crippen LogP contribution in [0.15, 0.2) is 34.1 Å². The van der Waals surface area contributed by atoms with Crippen LogP contribution in [0.2, 0.25) is 5.02 Å². The van der Waals surface area contributed by atoms with E-state index in [9.17, 15) is 9.90 Å². The zero-order valence-electron chi connectivity index (χ0n) is 11.1. The number of hydrogen-bond donors (Lipinski definition) is 1. The van der Waals surface area contributed by atoms with Crippen LogP contribution >= 0.6 is 38.9 Å². The van der Waals surface area contributed by atoms with E-state index in [1.54, 1.807) is 11.3 Å². The third-order valence-corrected chi connectivity index (χ3v) is 5.54. The fourth-order valence-corrected chi connectivity index (χ4v) is 4.20. The number of benzene rings is 1. The van der Waals surface area contributed by atoms with Gasteiger partial charge in [-0.05, 0) is 47.2 Å². The highest BCUT2D eigenvalue weighted by atomic mass is 79.9. The van der Waals surface area contributed by atoms with Crippen molar-refractivity contribution in [3.63, 3.8) is 0 Å². The first kappa shape index (κ1) is 15.0. The molecule has 0 saturated heterocycles. The summed E-state index contributed by atoms with van der Waals surface area (Å²) in [6, 6.07) is 7.00. The Hall–Kier alpha value is -0.880. The van der Waals surface area contributed by atoms with Gasteiger partial charge in [-0.15, -0.1) is 11.3 Å². The maximum Gasteiger partial charge on any atom is 0.325 e. The van der Waals surface area contributed by atoms with Gasteiger partial charge in [-0.25, -0.2) is 0 Å². The van der Waals surface area contributed by atoms with Crippen molar-refractivity contribution in [2.45, 2.75) is 19.0 Å². The Morgan fingerprint density at radius 3 is 3.05 bits per heavy atom. The molecule has 1 aromatic heterocycles. The number of nitrogens with zero attached hydrogens (tertiary/aromatic N) is 1. The monoisotopic (exact) mass is 385 g/mol. The van der Waals surface area contributed by atoms with Crippen molar-refractivity contribution in [3.05, 3.63) is 55.1 Å². The molecule has 0 saturated carbocycles. The Labute approximate surface area is 140 Å². The SMILES string of the molecule is O=C(O)C1c2ccsc2CCN1Cc1cc(Br)ccc1Cl. The summed E-state index contributed by atoms with van der Waals surface area (Å²) in [7, 11) is 0. The summed E-state index contributed by atoms with van der Waals surface area (Å²) >= 11 is 11.3. The number of carbonyl (C=O) groups is 1. The predicted molar refractivity (Wildman–Crippen MR) is 88.0 cm³/mol. The smallest absolute Gasteiger partial charge is 0.325 e. The second-order valence-corrected chi connectivity index (χ2v) is 7.32. The molecule has 110 valence electrons. The Balaban J connectivity index is 1.91. The van der Waals surface area contributed by atoms with E-state index < -0.39 is 12.0 Å². The lowest BCUT2D eigenvalue weighted by atomic mass is 9.99. The first-order valence-corrected chi connectivity index (χ1v) is 8.58. The van der Waals surface area contributed by atoms with Crippen molar-refractivity contribution in [2.24, 2.45) is 0 Å². The number of fused-ring (bicyclic) bond motifs is 1. The zero-order chi connectivity index (χ0) is 15.0. The van der Waals surface area contributed by atoms with Crippen LogP contribution in [-0.4, -0.2) is 22.5 Å². The van der Waals surface area contributed by atoms with Gasteiger partial charge in [0.05, 0.1) is 0 Å². The summed E-state index contributed by atoms with van der Waals surface area (Å²) < 4.78 is 0.946. The number of hydrogen-bond acceptors (Lipinski definition) is 3. The summed E-state index contributed by atoms with van der Waals surface area (Å²) in [5.74, 6) is -0.805. The average molecular weight is 387 g/mol. The van der Waals surface area contributed by atoms with Gasteiger partial charge in [0.2, 0.25) is 0 Å². The molecular formula is C15H13BrClNO2S. The van der Waals surface area contributed by atoms with Crippen LogP contribution in [0.25, 0.3) is 0 Å². The molecule has 0 aliphatic carbocycles. The van der Waals surface area contributed by atoms with Gasteiger partial charge in [-0.1, -0.05) is 27.5 Å². The van der Waals surface area contributed by atoms with Crippen LogP contribution in [0.3, 0.4) is 0 Å². The van der Waals surface area contributed by atoms with Gasteiger partial charge in [0.25, 0.3) is 0 Å². The molecule has 0 bridgehead atoms. The highest BCUT2D eigenvalue weighted by molar-refractivity contribution is 9.10. The van der Waals surface area contributed by atoms with Crippen LogP contribution in [-0.2, 0) is 17.8 Å². The molecule has 1 N–H and O–H groups in total. The Morgan fingerprint density at radius 1 is 1.48 bits per heavy atom. The number of carboxylic acids is 1. The fourth-order valence-electron chi connectivity index (χ4n) is 2.71. The Morgan fingerprint density at radius 2 is 2.29 bits per heavy atom. The summed E-state index contributed by atoms with van der Waals surface area (Å²) in [5, 5.41) is 12.2. The molecule has 0 amide bonds. The van der Waals surface area contributed by atoms with Gasteiger partial charge in [-0.2, -0.15) is 0 Å². The molecule has 0 radical (unpaired) electrons. The minimum Gasteiger partial charge on any atom is -0.480 e. The minimum absolute atomic E-state index is 0.532. The topological polar surface area (TPSA) is 40.5 Å². The van der Waals surface area contributed by atoms with Crippen molar-refractivity contribution in [2.75, 3.05) is 6.54 Å². The van der Waals surface area contributed by atoms with Crippen molar-refractivity contribution >= 4 is 44.8 Å². The normalized spacial score (nSPS) is 18.5. The Kier molecular flexibility index (Phi) is 4.36. The van der Waals surface area contributed by atoms with E-state index in [4.69, 9.17) is 11.6 Å². The molecule has 2 heterocycles. The van der Waals surface area contributed by atoms with E-state index in [0.29, 0.717) is 11.6 Å². The molecule has 0 fully saturated rings. The van der Waals surface area contributed by atoms with Gasteiger partial charge in [0.15, 0.2) is 0 Å². The second-order valence-electron chi connectivity index (χ2n) is 5.00. The zero-order valence-corrected chi connectivity index (χ0v) is 14.2. The van der Waals surface area contributed by atoms with E-state index in [-0.39, 0.29) is 0 Å². The molecule has 21 heavy (non-hydrogen) atoms. The molecular weight excluding hydrogens is 374 g/mol. The van der Waals surface area contributed by atoms with Crippen molar-refractivity contribution in [1.29, 1.82) is 0 Å². The summed E-state index contributed by atoms with van der Waals surface area (Å²) in [4.78, 5) is 14.8. The molecule has 0 spiro atoms. The number of carboxylic acid groups (broad SMARTS) is 1. The molecule has 6 heteroatoms. The lowest BCUT2D eigenvalue weighted by molar-refractivity contribution is -0.144. The standard InChI is InChI=1S/C15H13BrClNO2S/c16-10-1-2-12(17)9(7-10)8-18-5-3-13-11(4-6-21-13)14(18)15(19)20/h1-2,4,6-7,14H,3,5,8H2,(H,19,20). The largest absolute Gasteiger partial charge is 0.480 e. The van der Waals surface area contributed by atoms with Crippen molar-refractivity contribution < 1.29 is 9.90 Å². The number of rotatable bonds is 3. The van der Waals surface area contributed by atoms with E-state index in [0.717, 1.165) is 28.6 Å².